The molecule has 0 radical (unpaired) electrons. The van der Waals surface area contributed by atoms with Gasteiger partial charge in [-0.25, -0.2) is 4.79 Å². The molecule has 7 heteroatoms. The molecular formula is C20H23N3O4. The van der Waals surface area contributed by atoms with E-state index in [2.05, 4.69) is 10.2 Å². The number of nitrogens with zero attached hydrogens (tertiary/aromatic N) is 2. The molecule has 142 valence electrons. The molecular weight excluding hydrogens is 346 g/mol. The summed E-state index contributed by atoms with van der Waals surface area (Å²) < 4.78 is 10.6. The van der Waals surface area contributed by atoms with E-state index in [0.29, 0.717) is 24.5 Å². The molecule has 3 rings (SSSR count). The number of methoxy groups -OCH3 is 1. The minimum Gasteiger partial charge on any atom is -0.495 e. The van der Waals surface area contributed by atoms with Crippen molar-refractivity contribution >= 4 is 23.9 Å². The fourth-order valence-corrected chi connectivity index (χ4v) is 2.95. The van der Waals surface area contributed by atoms with Gasteiger partial charge in [-0.3, -0.25) is 10.1 Å². The van der Waals surface area contributed by atoms with Crippen molar-refractivity contribution in [2.75, 3.05) is 43.5 Å². The molecule has 0 atom stereocenters. The minimum atomic E-state index is -0.542. The number of nitrogens with one attached hydrogen (secondary N) is 1. The lowest BCUT2D eigenvalue weighted by atomic mass is 10.2. The number of carbonyl (C=O) groups is 2. The topological polar surface area (TPSA) is 71.1 Å². The molecule has 0 saturated carbocycles. The summed E-state index contributed by atoms with van der Waals surface area (Å²) >= 11 is 0. The van der Waals surface area contributed by atoms with Crippen molar-refractivity contribution in [1.29, 1.82) is 0 Å². The zero-order chi connectivity index (χ0) is 19.1. The van der Waals surface area contributed by atoms with E-state index in [0.717, 1.165) is 30.8 Å². The molecule has 0 aliphatic carbocycles. The van der Waals surface area contributed by atoms with Crippen LogP contribution in [0.3, 0.4) is 0 Å². The first-order chi connectivity index (χ1) is 13.2. The fourth-order valence-electron chi connectivity index (χ4n) is 2.95. The molecule has 27 heavy (non-hydrogen) atoms. The Hall–Kier alpha value is -3.22. The molecule has 2 aromatic carbocycles. The minimum absolute atomic E-state index is 0.197. The highest BCUT2D eigenvalue weighted by atomic mass is 16.5. The van der Waals surface area contributed by atoms with Crippen LogP contribution in [0.15, 0.2) is 48.5 Å². The molecule has 1 aliphatic heterocycles. The lowest BCUT2D eigenvalue weighted by molar-refractivity contribution is -0.118. The summed E-state index contributed by atoms with van der Waals surface area (Å²) in [7, 11) is 1.55. The van der Waals surface area contributed by atoms with Crippen molar-refractivity contribution in [3.8, 4) is 5.75 Å². The van der Waals surface area contributed by atoms with E-state index in [1.807, 2.05) is 48.5 Å². The zero-order valence-electron chi connectivity index (χ0n) is 15.3. The van der Waals surface area contributed by atoms with Crippen LogP contribution in [0.25, 0.3) is 0 Å². The number of carbonyl (C=O) groups excluding carboxylic acids is 2. The highest BCUT2D eigenvalue weighted by Crippen LogP contribution is 2.30. The van der Waals surface area contributed by atoms with Gasteiger partial charge in [-0.05, 0) is 23.8 Å². The third-order valence-electron chi connectivity index (χ3n) is 4.46. The zero-order valence-corrected chi connectivity index (χ0v) is 15.3. The third-order valence-corrected chi connectivity index (χ3v) is 4.46. The quantitative estimate of drug-likeness (QED) is 0.793. The van der Waals surface area contributed by atoms with Gasteiger partial charge in [0.25, 0.3) is 0 Å². The van der Waals surface area contributed by atoms with Crippen LogP contribution in [-0.2, 0) is 16.1 Å². The van der Waals surface area contributed by atoms with E-state index in [1.54, 1.807) is 12.0 Å². The Morgan fingerprint density at radius 1 is 1.11 bits per heavy atom. The summed E-state index contributed by atoms with van der Waals surface area (Å²) in [4.78, 5) is 26.9. The average Bonchev–Trinajstić information content (AvgIpc) is 2.73. The van der Waals surface area contributed by atoms with Crippen LogP contribution in [0.5, 0.6) is 5.75 Å². The Bertz CT molecular complexity index is 774. The van der Waals surface area contributed by atoms with Crippen molar-refractivity contribution in [3.63, 3.8) is 0 Å². The van der Waals surface area contributed by atoms with Gasteiger partial charge in [0.1, 0.15) is 12.4 Å². The van der Waals surface area contributed by atoms with Crippen LogP contribution in [0.1, 0.15) is 5.56 Å². The van der Waals surface area contributed by atoms with Crippen LogP contribution in [0.2, 0.25) is 0 Å². The largest absolute Gasteiger partial charge is 0.495 e. The van der Waals surface area contributed by atoms with E-state index < -0.39 is 6.09 Å². The Morgan fingerprint density at radius 3 is 2.52 bits per heavy atom. The summed E-state index contributed by atoms with van der Waals surface area (Å²) in [5, 5.41) is 2.75. The van der Waals surface area contributed by atoms with E-state index in [1.165, 1.54) is 0 Å². The Labute approximate surface area is 158 Å². The normalized spacial score (nSPS) is 13.8. The smallest absolute Gasteiger partial charge is 0.412 e. The number of anilines is 2. The number of amides is 2. The molecule has 0 unspecified atom stereocenters. The van der Waals surface area contributed by atoms with Gasteiger partial charge in [0.15, 0.2) is 0 Å². The monoisotopic (exact) mass is 369 g/mol. The van der Waals surface area contributed by atoms with Crippen LogP contribution < -0.4 is 15.0 Å². The lowest BCUT2D eigenvalue weighted by Crippen LogP contribution is -2.45. The second-order valence-corrected chi connectivity index (χ2v) is 6.20. The number of piperazine rings is 1. The molecule has 1 heterocycles. The molecule has 0 spiro atoms. The molecule has 1 saturated heterocycles. The first-order valence-electron chi connectivity index (χ1n) is 8.79. The molecule has 1 N–H and O–H groups in total. The lowest BCUT2D eigenvalue weighted by Gasteiger charge is -2.34. The average molecular weight is 369 g/mol. The van der Waals surface area contributed by atoms with Crippen LogP contribution in [-0.4, -0.2) is 50.7 Å². The maximum atomic E-state index is 12.2. The van der Waals surface area contributed by atoms with Gasteiger partial charge in [0.05, 0.1) is 12.8 Å². The van der Waals surface area contributed by atoms with Crippen LogP contribution in [0, 0.1) is 0 Å². The van der Waals surface area contributed by atoms with Gasteiger partial charge < -0.3 is 19.3 Å². The summed E-state index contributed by atoms with van der Waals surface area (Å²) in [6.45, 7) is 3.03. The van der Waals surface area contributed by atoms with Gasteiger partial charge in [0, 0.05) is 31.9 Å². The van der Waals surface area contributed by atoms with Crippen molar-refractivity contribution in [3.05, 3.63) is 54.1 Å². The molecule has 1 fully saturated rings. The van der Waals surface area contributed by atoms with Crippen molar-refractivity contribution in [1.82, 2.24) is 4.90 Å². The number of ether oxygens (including phenoxy) is 2. The Balaban J connectivity index is 1.64. The number of benzene rings is 2. The number of hydrogen-bond acceptors (Lipinski definition) is 5. The third kappa shape index (κ3) is 4.91. The van der Waals surface area contributed by atoms with Gasteiger partial charge in [-0.1, -0.05) is 30.3 Å². The summed E-state index contributed by atoms with van der Waals surface area (Å²) in [5.41, 5.74) is 2.42. The maximum absolute atomic E-state index is 12.2. The van der Waals surface area contributed by atoms with Crippen molar-refractivity contribution in [2.24, 2.45) is 0 Å². The summed E-state index contributed by atoms with van der Waals surface area (Å²) in [6.07, 6.45) is 0.334. The Morgan fingerprint density at radius 2 is 1.85 bits per heavy atom. The Kier molecular flexibility index (Phi) is 6.14. The predicted octanol–water partition coefficient (Wildman–Crippen LogP) is 2.72. The SMILES string of the molecule is COc1ccc(N2CCN(C=O)CC2)cc1NC(=O)OCc1ccccc1. The molecule has 7 nitrogen and oxygen atoms in total. The predicted molar refractivity (Wildman–Crippen MR) is 103 cm³/mol. The van der Waals surface area contributed by atoms with Gasteiger partial charge >= 0.3 is 6.09 Å². The molecule has 2 aromatic rings. The molecule has 0 bridgehead atoms. The van der Waals surface area contributed by atoms with Gasteiger partial charge in [-0.2, -0.15) is 0 Å². The van der Waals surface area contributed by atoms with E-state index in [-0.39, 0.29) is 6.61 Å². The van der Waals surface area contributed by atoms with Gasteiger partial charge in [0.2, 0.25) is 6.41 Å². The van der Waals surface area contributed by atoms with Gasteiger partial charge in [-0.15, -0.1) is 0 Å². The van der Waals surface area contributed by atoms with Crippen LogP contribution >= 0.6 is 0 Å². The highest BCUT2D eigenvalue weighted by molar-refractivity contribution is 5.88. The van der Waals surface area contributed by atoms with Crippen LogP contribution in [0.4, 0.5) is 16.2 Å². The first-order valence-corrected chi connectivity index (χ1v) is 8.79. The highest BCUT2D eigenvalue weighted by Gasteiger charge is 2.18. The summed E-state index contributed by atoms with van der Waals surface area (Å²) in [6, 6.07) is 15.1. The van der Waals surface area contributed by atoms with Crippen molar-refractivity contribution < 1.29 is 19.1 Å². The molecule has 0 aromatic heterocycles. The van der Waals surface area contributed by atoms with E-state index >= 15 is 0 Å². The number of hydrogen-bond donors (Lipinski definition) is 1. The van der Waals surface area contributed by atoms with Crippen molar-refractivity contribution in [2.45, 2.75) is 6.61 Å². The second kappa shape index (κ2) is 8.93. The maximum Gasteiger partial charge on any atom is 0.412 e. The molecule has 2 amide bonds. The fraction of sp³-hybridized carbons (Fsp3) is 0.300. The van der Waals surface area contributed by atoms with E-state index in [4.69, 9.17) is 9.47 Å². The second-order valence-electron chi connectivity index (χ2n) is 6.20. The number of rotatable bonds is 6. The molecule has 1 aliphatic rings. The standard InChI is InChI=1S/C20H23N3O4/c1-26-19-8-7-17(23-11-9-22(15-24)10-12-23)13-18(19)21-20(25)27-14-16-5-3-2-4-6-16/h2-8,13,15H,9-12,14H2,1H3,(H,21,25). The first kappa shape index (κ1) is 18.6. The van der Waals surface area contributed by atoms with E-state index in [9.17, 15) is 9.59 Å². The summed E-state index contributed by atoms with van der Waals surface area (Å²) in [5.74, 6) is 0.557.